The Hall–Kier alpha value is -1.69. The number of hydrogen-bond donors (Lipinski definition) is 0. The van der Waals surface area contributed by atoms with Crippen LogP contribution in [0.2, 0.25) is 0 Å². The molecule has 0 bridgehead atoms. The summed E-state index contributed by atoms with van der Waals surface area (Å²) >= 11 is 0. The fraction of sp³-hybridized carbons (Fsp3) is 0.429. The van der Waals surface area contributed by atoms with E-state index in [0.717, 1.165) is 6.66 Å². The van der Waals surface area contributed by atoms with Crippen molar-refractivity contribution in [3.8, 4) is 0 Å². The molecule has 2 saturated heterocycles. The quantitative estimate of drug-likeness (QED) is 0.457. The Balaban J connectivity index is 2.64. The van der Waals surface area contributed by atoms with Crippen molar-refractivity contribution in [2.24, 2.45) is 0 Å². The van der Waals surface area contributed by atoms with Crippen LogP contribution >= 0.6 is 6.85 Å². The molecule has 0 aromatic heterocycles. The summed E-state index contributed by atoms with van der Waals surface area (Å²) in [5.74, 6) is -5.38. The number of carbonyl (C=O) groups is 4. The van der Waals surface area contributed by atoms with Crippen LogP contribution in [0.5, 0.6) is 0 Å². The summed E-state index contributed by atoms with van der Waals surface area (Å²) in [7, 11) is 0. The second-order valence-corrected chi connectivity index (χ2v) is 9.22. The van der Waals surface area contributed by atoms with Gasteiger partial charge in [-0.1, -0.05) is 0 Å². The summed E-state index contributed by atoms with van der Waals surface area (Å²) < 4.78 is 18.9. The van der Waals surface area contributed by atoms with E-state index < -0.39 is 30.7 Å². The van der Waals surface area contributed by atoms with Gasteiger partial charge >= 0.3 is 87.8 Å². The SMILES string of the molecule is CC[P-]12(C)(OC(=O)C(=O)O1)OC(=O)C(=O)O2. The summed E-state index contributed by atoms with van der Waals surface area (Å²) in [5, 5.41) is 0. The first-order chi connectivity index (χ1) is 7.17. The summed E-state index contributed by atoms with van der Waals surface area (Å²) in [4.78, 5) is 44.3. The molecule has 2 aliphatic rings. The van der Waals surface area contributed by atoms with Crippen molar-refractivity contribution in [3.63, 3.8) is 0 Å². The van der Waals surface area contributed by atoms with Gasteiger partial charge in [0.05, 0.1) is 0 Å². The molecule has 2 aliphatic heterocycles. The van der Waals surface area contributed by atoms with Crippen LogP contribution in [0.15, 0.2) is 0 Å². The zero-order valence-corrected chi connectivity index (χ0v) is 9.31. The van der Waals surface area contributed by atoms with Crippen LogP contribution in [0, 0.1) is 0 Å². The molecule has 0 amide bonds. The van der Waals surface area contributed by atoms with E-state index in [-0.39, 0.29) is 6.16 Å². The van der Waals surface area contributed by atoms with Crippen molar-refractivity contribution in [1.29, 1.82) is 0 Å². The third kappa shape index (κ3) is 1.02. The van der Waals surface area contributed by atoms with Crippen molar-refractivity contribution in [3.05, 3.63) is 0 Å². The van der Waals surface area contributed by atoms with Gasteiger partial charge in [0.15, 0.2) is 0 Å². The molecule has 16 heavy (non-hydrogen) atoms. The van der Waals surface area contributed by atoms with E-state index in [4.69, 9.17) is 18.1 Å². The van der Waals surface area contributed by atoms with Crippen molar-refractivity contribution in [1.82, 2.24) is 0 Å². The van der Waals surface area contributed by atoms with Gasteiger partial charge in [-0.15, -0.1) is 0 Å². The zero-order chi connectivity index (χ0) is 12.3. The molecule has 0 atom stereocenters. The predicted molar refractivity (Wildman–Crippen MR) is 47.8 cm³/mol. The first-order valence-corrected chi connectivity index (χ1v) is 7.32. The number of hydrogen-bond acceptors (Lipinski definition) is 8. The van der Waals surface area contributed by atoms with Gasteiger partial charge in [0.25, 0.3) is 0 Å². The van der Waals surface area contributed by atoms with E-state index in [9.17, 15) is 19.2 Å². The van der Waals surface area contributed by atoms with Gasteiger partial charge < -0.3 is 0 Å². The Morgan fingerprint density at radius 3 is 1.25 bits per heavy atom. The standard InChI is InChI=1S/C7H8O8P/c1-3-16(2,12-4(8)5(9)13-16)14-6(10)7(11)15-16/h3H2,1-2H3/q-1. The molecule has 90 valence electrons. The van der Waals surface area contributed by atoms with Gasteiger partial charge in [-0.25, -0.2) is 0 Å². The molecule has 0 aromatic carbocycles. The Labute approximate surface area is 88.6 Å². The van der Waals surface area contributed by atoms with Crippen LogP contribution in [-0.2, 0) is 37.3 Å². The minimum absolute atomic E-state index is 0.250. The summed E-state index contributed by atoms with van der Waals surface area (Å²) in [6.45, 7) is -2.86. The molecular formula is C7H8O8P-. The molecule has 0 unspecified atom stereocenters. The van der Waals surface area contributed by atoms with Gasteiger partial charge in [0.2, 0.25) is 0 Å². The van der Waals surface area contributed by atoms with E-state index in [2.05, 4.69) is 0 Å². The van der Waals surface area contributed by atoms with Crippen molar-refractivity contribution in [2.45, 2.75) is 6.92 Å². The van der Waals surface area contributed by atoms with Crippen LogP contribution in [0.1, 0.15) is 6.92 Å². The summed E-state index contributed by atoms with van der Waals surface area (Å²) in [5.41, 5.74) is 0. The van der Waals surface area contributed by atoms with Crippen molar-refractivity contribution < 1.29 is 37.3 Å². The molecule has 2 fully saturated rings. The van der Waals surface area contributed by atoms with E-state index in [0.29, 0.717) is 0 Å². The van der Waals surface area contributed by atoms with E-state index in [1.54, 1.807) is 0 Å². The predicted octanol–water partition coefficient (Wildman–Crippen LogP) is -0.415. The van der Waals surface area contributed by atoms with Gasteiger partial charge in [0.1, 0.15) is 0 Å². The Bertz CT molecular complexity index is 397. The van der Waals surface area contributed by atoms with Crippen LogP contribution in [0.3, 0.4) is 0 Å². The molecule has 0 aliphatic carbocycles. The van der Waals surface area contributed by atoms with Gasteiger partial charge in [-0.3, -0.25) is 0 Å². The van der Waals surface area contributed by atoms with Crippen LogP contribution in [-0.4, -0.2) is 36.7 Å². The Morgan fingerprint density at radius 2 is 1.06 bits per heavy atom. The van der Waals surface area contributed by atoms with Gasteiger partial charge in [-0.05, 0) is 0 Å². The van der Waals surface area contributed by atoms with E-state index in [1.807, 2.05) is 0 Å². The summed E-state index contributed by atoms with van der Waals surface area (Å²) in [6, 6.07) is 0. The zero-order valence-electron chi connectivity index (χ0n) is 8.42. The van der Waals surface area contributed by atoms with Crippen LogP contribution < -0.4 is 0 Å². The molecule has 2 heterocycles. The maximum atomic E-state index is 11.1. The Morgan fingerprint density at radius 1 is 0.812 bits per heavy atom. The molecule has 0 N–H and O–H groups in total. The van der Waals surface area contributed by atoms with Gasteiger partial charge in [-0.2, -0.15) is 0 Å². The molecule has 0 radical (unpaired) electrons. The van der Waals surface area contributed by atoms with Crippen molar-refractivity contribution in [2.75, 3.05) is 12.8 Å². The topological polar surface area (TPSA) is 105 Å². The first kappa shape index (κ1) is 10.8. The monoisotopic (exact) mass is 251 g/mol. The molecule has 9 heteroatoms. The summed E-state index contributed by atoms with van der Waals surface area (Å²) in [6.07, 6.45) is -0.250. The maximum absolute atomic E-state index is 11.1. The first-order valence-electron chi connectivity index (χ1n) is 4.33. The molecule has 0 aromatic rings. The molecular weight excluding hydrogens is 243 g/mol. The second-order valence-electron chi connectivity index (χ2n) is 3.84. The normalized spacial score (nSPS) is 32.6. The van der Waals surface area contributed by atoms with Crippen LogP contribution in [0.4, 0.5) is 0 Å². The molecule has 8 nitrogen and oxygen atoms in total. The molecule has 2 rings (SSSR count). The minimum atomic E-state index is -5.31. The third-order valence-corrected chi connectivity index (χ3v) is 7.04. The number of rotatable bonds is 1. The Kier molecular flexibility index (Phi) is 1.48. The van der Waals surface area contributed by atoms with E-state index in [1.165, 1.54) is 6.92 Å². The average molecular weight is 251 g/mol. The second kappa shape index (κ2) is 2.20. The third-order valence-electron chi connectivity index (χ3n) is 2.57. The fourth-order valence-corrected chi connectivity index (χ4v) is 4.47. The van der Waals surface area contributed by atoms with Gasteiger partial charge in [0, 0.05) is 0 Å². The van der Waals surface area contributed by atoms with E-state index >= 15 is 0 Å². The number of carbonyl (C=O) groups excluding carboxylic acids is 4. The molecule has 1 spiro atoms. The van der Waals surface area contributed by atoms with Crippen LogP contribution in [0.25, 0.3) is 0 Å². The van der Waals surface area contributed by atoms with Crippen molar-refractivity contribution >= 4 is 30.7 Å². The average Bonchev–Trinajstić information content (AvgIpc) is 2.49. The fourth-order valence-electron chi connectivity index (χ4n) is 1.49. The molecule has 0 saturated carbocycles.